The molecule has 0 aliphatic heterocycles. The van der Waals surface area contributed by atoms with Gasteiger partial charge >= 0.3 is 144 Å². The zero-order chi connectivity index (χ0) is 20.3. The molecule has 0 aromatic carbocycles. The van der Waals surface area contributed by atoms with E-state index in [4.69, 9.17) is 14.2 Å². The summed E-state index contributed by atoms with van der Waals surface area (Å²) in [5.74, 6) is 3.49. The fourth-order valence-corrected chi connectivity index (χ4v) is 8.49. The maximum atomic E-state index is 12.8. The third kappa shape index (κ3) is 3.74. The quantitative estimate of drug-likeness (QED) is 0.220. The third-order valence-corrected chi connectivity index (χ3v) is 13.0. The van der Waals surface area contributed by atoms with Crippen LogP contribution < -0.4 is 0 Å². The van der Waals surface area contributed by atoms with Crippen LogP contribution in [0.15, 0.2) is 0 Å². The summed E-state index contributed by atoms with van der Waals surface area (Å²) in [5.41, 5.74) is 0. The van der Waals surface area contributed by atoms with Gasteiger partial charge in [-0.15, -0.1) is 0 Å². The van der Waals surface area contributed by atoms with Crippen molar-refractivity contribution < 1.29 is 23.8 Å². The van der Waals surface area contributed by atoms with Crippen LogP contribution in [0.2, 0.25) is 0 Å². The molecule has 6 rings (SSSR count). The molecular formula is C23H35IO5. The van der Waals surface area contributed by atoms with Crippen molar-refractivity contribution in [2.75, 3.05) is 16.7 Å². The first-order valence-corrected chi connectivity index (χ1v) is 16.9. The Balaban J connectivity index is 1.11. The van der Waals surface area contributed by atoms with Crippen molar-refractivity contribution >= 4 is 31.8 Å². The molecule has 6 heteroatoms. The van der Waals surface area contributed by atoms with Crippen LogP contribution in [0.4, 0.5) is 0 Å². The third-order valence-electron chi connectivity index (χ3n) is 8.74. The number of hydrogen-bond donors (Lipinski definition) is 0. The zero-order valence-corrected chi connectivity index (χ0v) is 20.0. The van der Waals surface area contributed by atoms with Crippen LogP contribution in [0.3, 0.4) is 0 Å². The number of alkyl halides is 3. The molecule has 0 aromatic heterocycles. The van der Waals surface area contributed by atoms with Crippen molar-refractivity contribution in [3.63, 3.8) is 0 Å². The molecule has 6 saturated carbocycles. The molecule has 0 saturated heterocycles. The van der Waals surface area contributed by atoms with Gasteiger partial charge in [0.05, 0.1) is 0 Å². The minimum atomic E-state index is -1.23. The van der Waals surface area contributed by atoms with Crippen LogP contribution in [0.25, 0.3) is 0 Å². The second-order valence-corrected chi connectivity index (χ2v) is 17.0. The fraction of sp³-hybridized carbons (Fsp3) is 0.913. The number of hydrogen-bond acceptors (Lipinski definition) is 5. The Bertz CT molecular complexity index is 662. The number of carbonyl (C=O) groups is 2. The molecule has 0 heterocycles. The molecule has 0 radical (unpaired) electrons. The van der Waals surface area contributed by atoms with E-state index in [0.717, 1.165) is 31.1 Å². The topological polar surface area (TPSA) is 61.8 Å². The van der Waals surface area contributed by atoms with Gasteiger partial charge in [-0.1, -0.05) is 0 Å². The molecule has 6 aliphatic rings. The maximum absolute atomic E-state index is 12.8. The number of esters is 2. The molecule has 6 fully saturated rings. The van der Waals surface area contributed by atoms with Crippen molar-refractivity contribution in [1.29, 1.82) is 0 Å². The molecule has 164 valence electrons. The zero-order valence-electron chi connectivity index (χ0n) is 17.8. The van der Waals surface area contributed by atoms with Gasteiger partial charge in [0.2, 0.25) is 0 Å². The first-order chi connectivity index (χ1) is 13.9. The number of ether oxygens (including phenoxy) is 3. The molecular weight excluding hydrogens is 483 g/mol. The average Bonchev–Trinajstić information content (AvgIpc) is 3.40. The number of carbonyl (C=O) groups excluding carboxylic acids is 2. The van der Waals surface area contributed by atoms with Crippen molar-refractivity contribution in [1.82, 2.24) is 0 Å². The van der Waals surface area contributed by atoms with Crippen LogP contribution in [0, 0.1) is 41.4 Å². The Morgan fingerprint density at radius 1 is 0.931 bits per heavy atom. The summed E-state index contributed by atoms with van der Waals surface area (Å²) >= 11 is -1.23. The molecule has 29 heavy (non-hydrogen) atoms. The van der Waals surface area contributed by atoms with Gasteiger partial charge in [0, 0.05) is 0 Å². The van der Waals surface area contributed by atoms with E-state index >= 15 is 0 Å². The first-order valence-electron chi connectivity index (χ1n) is 11.4. The first kappa shape index (κ1) is 20.5. The predicted molar refractivity (Wildman–Crippen MR) is 118 cm³/mol. The molecule has 0 N–H and O–H groups in total. The molecule has 0 spiro atoms. The van der Waals surface area contributed by atoms with Gasteiger partial charge in [-0.3, -0.25) is 0 Å². The van der Waals surface area contributed by atoms with Crippen LogP contribution in [-0.4, -0.2) is 44.7 Å². The van der Waals surface area contributed by atoms with Crippen molar-refractivity contribution in [2.45, 2.75) is 68.0 Å². The van der Waals surface area contributed by atoms with Crippen LogP contribution in [0.5, 0.6) is 0 Å². The van der Waals surface area contributed by atoms with Gasteiger partial charge in [-0.2, -0.15) is 0 Å². The van der Waals surface area contributed by atoms with E-state index < -0.39 is 19.8 Å². The fourth-order valence-electron chi connectivity index (χ4n) is 7.32. The van der Waals surface area contributed by atoms with Crippen LogP contribution >= 0.6 is 19.8 Å². The Labute approximate surface area is 181 Å². The second-order valence-electron chi connectivity index (χ2n) is 10.5. The Morgan fingerprint density at radius 2 is 1.66 bits per heavy atom. The van der Waals surface area contributed by atoms with Gasteiger partial charge in [-0.05, 0) is 37.5 Å². The van der Waals surface area contributed by atoms with E-state index in [-0.39, 0.29) is 40.6 Å². The summed E-state index contributed by atoms with van der Waals surface area (Å²) in [4.78, 5) is 29.6. The Hall–Kier alpha value is -0.370. The molecule has 6 aliphatic carbocycles. The number of fused-ring (bicyclic) bond motifs is 2. The molecule has 5 nitrogen and oxygen atoms in total. The van der Waals surface area contributed by atoms with Gasteiger partial charge in [-0.25, -0.2) is 0 Å². The van der Waals surface area contributed by atoms with Crippen molar-refractivity contribution in [2.24, 2.45) is 41.4 Å². The van der Waals surface area contributed by atoms with Gasteiger partial charge in [0.25, 0.3) is 0 Å². The molecule has 10 atom stereocenters. The standard InChI is InChI=1S/C23H35IO5/c1-12(24(2)3)22(25)29-20-9-14-7-18(20)19(8-14)23(26)28-11-27-21-16-5-13-4-15(10-16)17(21)6-13/h12-21H,4-11H2,1-3H3. The predicted octanol–water partition coefficient (Wildman–Crippen LogP) is 4.05. The Morgan fingerprint density at radius 3 is 2.38 bits per heavy atom. The monoisotopic (exact) mass is 518 g/mol. The molecule has 6 bridgehead atoms. The SMILES string of the molecule is CC(C(=O)OC1CC2CC(C(=O)OCOC3C4CC5CC(C4)C3C5)C1C2)I(C)C. The van der Waals surface area contributed by atoms with E-state index in [0.29, 0.717) is 23.9 Å². The summed E-state index contributed by atoms with van der Waals surface area (Å²) in [6, 6.07) is 0. The van der Waals surface area contributed by atoms with Gasteiger partial charge in [0.15, 0.2) is 0 Å². The van der Waals surface area contributed by atoms with Crippen molar-refractivity contribution in [3.8, 4) is 0 Å². The van der Waals surface area contributed by atoms with Gasteiger partial charge in [0.1, 0.15) is 0 Å². The molecule has 0 amide bonds. The minimum absolute atomic E-state index is 0.0501. The number of halogens is 1. The average molecular weight is 518 g/mol. The van der Waals surface area contributed by atoms with E-state index in [1.807, 2.05) is 6.92 Å². The van der Waals surface area contributed by atoms with Crippen LogP contribution in [0.1, 0.15) is 51.9 Å². The summed E-state index contributed by atoms with van der Waals surface area (Å²) < 4.78 is 17.6. The summed E-state index contributed by atoms with van der Waals surface area (Å²) in [5, 5.41) is 0. The van der Waals surface area contributed by atoms with Gasteiger partial charge < -0.3 is 0 Å². The Kier molecular flexibility index (Phi) is 5.63. The molecule has 10 unspecified atom stereocenters. The normalized spacial score (nSPS) is 45.5. The van der Waals surface area contributed by atoms with E-state index in [1.165, 1.54) is 25.7 Å². The van der Waals surface area contributed by atoms with E-state index in [9.17, 15) is 9.59 Å². The van der Waals surface area contributed by atoms with E-state index in [1.54, 1.807) is 0 Å². The van der Waals surface area contributed by atoms with Crippen LogP contribution in [-0.2, 0) is 23.8 Å². The number of rotatable bonds is 7. The second kappa shape index (κ2) is 7.95. The summed E-state index contributed by atoms with van der Waals surface area (Å²) in [6.45, 7) is 2.09. The summed E-state index contributed by atoms with van der Waals surface area (Å²) in [7, 11) is 0. The summed E-state index contributed by atoms with van der Waals surface area (Å²) in [6.07, 6.45) is 8.33. The molecule has 0 aromatic rings. The van der Waals surface area contributed by atoms with Crippen molar-refractivity contribution in [3.05, 3.63) is 0 Å². The van der Waals surface area contributed by atoms with E-state index in [2.05, 4.69) is 9.86 Å².